The van der Waals surface area contributed by atoms with Crippen LogP contribution in [0, 0.1) is 0 Å². The predicted molar refractivity (Wildman–Crippen MR) is 111 cm³/mol. The molecule has 2 N–H and O–H groups in total. The quantitative estimate of drug-likeness (QED) is 0.692. The van der Waals surface area contributed by atoms with Gasteiger partial charge in [0.15, 0.2) is 0 Å². The average molecular weight is 378 g/mol. The van der Waals surface area contributed by atoms with Gasteiger partial charge in [-0.15, -0.1) is 0 Å². The lowest BCUT2D eigenvalue weighted by molar-refractivity contribution is 0.0342. The zero-order valence-electron chi connectivity index (χ0n) is 15.9. The fourth-order valence-corrected chi connectivity index (χ4v) is 3.51. The number of urea groups is 1. The number of hydrogen-bond acceptors (Lipinski definition) is 3. The molecule has 1 aliphatic rings. The highest BCUT2D eigenvalue weighted by molar-refractivity contribution is 5.89. The van der Waals surface area contributed by atoms with E-state index in [0.29, 0.717) is 6.54 Å². The molecule has 0 saturated carbocycles. The van der Waals surface area contributed by atoms with E-state index in [1.54, 1.807) is 0 Å². The number of morpholine rings is 1. The fourth-order valence-electron chi connectivity index (χ4n) is 3.51. The van der Waals surface area contributed by atoms with E-state index >= 15 is 0 Å². The zero-order valence-corrected chi connectivity index (χ0v) is 15.9. The Morgan fingerprint density at radius 2 is 1.79 bits per heavy atom. The molecule has 4 rings (SSSR count). The molecule has 0 bridgehead atoms. The van der Waals surface area contributed by atoms with Crippen LogP contribution in [0.2, 0.25) is 0 Å². The summed E-state index contributed by atoms with van der Waals surface area (Å²) < 4.78 is 7.53. The van der Waals surface area contributed by atoms with Crippen molar-refractivity contribution in [3.63, 3.8) is 0 Å². The third-order valence-electron chi connectivity index (χ3n) is 5.04. The Morgan fingerprint density at radius 3 is 2.61 bits per heavy atom. The number of anilines is 1. The second kappa shape index (κ2) is 8.91. The first-order valence-electron chi connectivity index (χ1n) is 9.76. The number of fused-ring (bicyclic) bond motifs is 1. The number of carbonyl (C=O) groups is 1. The maximum Gasteiger partial charge on any atom is 0.319 e. The number of benzene rings is 2. The summed E-state index contributed by atoms with van der Waals surface area (Å²) in [5.74, 6) is 0. The molecule has 0 spiro atoms. The van der Waals surface area contributed by atoms with Gasteiger partial charge >= 0.3 is 6.03 Å². The Hall–Kier alpha value is -2.83. The summed E-state index contributed by atoms with van der Waals surface area (Å²) >= 11 is 0. The van der Waals surface area contributed by atoms with Crippen LogP contribution in [0.3, 0.4) is 0 Å². The molecule has 146 valence electrons. The third-order valence-corrected chi connectivity index (χ3v) is 5.04. The lowest BCUT2D eigenvalue weighted by Gasteiger charge is -2.26. The zero-order chi connectivity index (χ0) is 19.2. The molecule has 6 nitrogen and oxygen atoms in total. The number of para-hydroxylation sites is 1. The van der Waals surface area contributed by atoms with Gasteiger partial charge in [0.25, 0.3) is 0 Å². The van der Waals surface area contributed by atoms with Gasteiger partial charge in [-0.1, -0.05) is 30.3 Å². The summed E-state index contributed by atoms with van der Waals surface area (Å²) in [5, 5.41) is 7.03. The van der Waals surface area contributed by atoms with Crippen LogP contribution in [0.15, 0.2) is 60.8 Å². The van der Waals surface area contributed by atoms with Crippen molar-refractivity contribution in [2.24, 2.45) is 0 Å². The molecule has 2 amide bonds. The minimum Gasteiger partial charge on any atom is -0.379 e. The second-order valence-corrected chi connectivity index (χ2v) is 7.03. The van der Waals surface area contributed by atoms with Crippen LogP contribution in [-0.4, -0.2) is 48.3 Å². The molecule has 2 aromatic carbocycles. The number of carbonyl (C=O) groups excluding carboxylic acids is 1. The molecule has 1 aromatic heterocycles. The normalized spacial score (nSPS) is 14.9. The molecule has 28 heavy (non-hydrogen) atoms. The fraction of sp³-hybridized carbons (Fsp3) is 0.318. The number of amides is 2. The molecule has 0 atom stereocenters. The SMILES string of the molecule is O=C(NCCn1ccc2ccccc21)Nc1ccc(CN2CCOCC2)cc1. The topological polar surface area (TPSA) is 58.5 Å². The molecule has 1 fully saturated rings. The first kappa shape index (κ1) is 18.5. The van der Waals surface area contributed by atoms with Crippen molar-refractivity contribution in [2.45, 2.75) is 13.1 Å². The van der Waals surface area contributed by atoms with Crippen LogP contribution in [0.1, 0.15) is 5.56 Å². The van der Waals surface area contributed by atoms with Crippen LogP contribution < -0.4 is 10.6 Å². The van der Waals surface area contributed by atoms with E-state index < -0.39 is 0 Å². The Morgan fingerprint density at radius 1 is 1.00 bits per heavy atom. The number of aromatic nitrogens is 1. The van der Waals surface area contributed by atoms with Crippen molar-refractivity contribution in [3.8, 4) is 0 Å². The molecule has 0 unspecified atom stereocenters. The van der Waals surface area contributed by atoms with Gasteiger partial charge in [-0.25, -0.2) is 4.79 Å². The summed E-state index contributed by atoms with van der Waals surface area (Å²) in [5.41, 5.74) is 3.22. The van der Waals surface area contributed by atoms with Gasteiger partial charge in [0.2, 0.25) is 0 Å². The number of nitrogens with one attached hydrogen (secondary N) is 2. The highest BCUT2D eigenvalue weighted by Crippen LogP contribution is 2.15. The van der Waals surface area contributed by atoms with E-state index in [1.165, 1.54) is 16.5 Å². The van der Waals surface area contributed by atoms with Crippen molar-refractivity contribution < 1.29 is 9.53 Å². The van der Waals surface area contributed by atoms with Gasteiger partial charge < -0.3 is 19.9 Å². The first-order valence-corrected chi connectivity index (χ1v) is 9.76. The Bertz CT molecular complexity index is 914. The summed E-state index contributed by atoms with van der Waals surface area (Å²) in [6.45, 7) is 5.77. The van der Waals surface area contributed by atoms with E-state index in [-0.39, 0.29) is 6.03 Å². The minimum absolute atomic E-state index is 0.183. The molecular weight excluding hydrogens is 352 g/mol. The average Bonchev–Trinajstić information content (AvgIpc) is 3.14. The van der Waals surface area contributed by atoms with Gasteiger partial charge in [0, 0.05) is 50.1 Å². The van der Waals surface area contributed by atoms with Crippen molar-refractivity contribution in [1.29, 1.82) is 0 Å². The smallest absolute Gasteiger partial charge is 0.319 e. The van der Waals surface area contributed by atoms with E-state index in [4.69, 9.17) is 4.74 Å². The predicted octanol–water partition coefficient (Wildman–Crippen LogP) is 3.30. The summed E-state index contributed by atoms with van der Waals surface area (Å²) in [6.07, 6.45) is 2.05. The summed E-state index contributed by atoms with van der Waals surface area (Å²) in [6, 6.07) is 18.2. The lowest BCUT2D eigenvalue weighted by Crippen LogP contribution is -2.35. The van der Waals surface area contributed by atoms with Gasteiger partial charge in [-0.3, -0.25) is 4.90 Å². The number of nitrogens with zero attached hydrogens (tertiary/aromatic N) is 2. The molecule has 0 radical (unpaired) electrons. The molecule has 1 aliphatic heterocycles. The van der Waals surface area contributed by atoms with Crippen molar-refractivity contribution in [2.75, 3.05) is 38.2 Å². The highest BCUT2D eigenvalue weighted by Gasteiger charge is 2.10. The molecule has 6 heteroatoms. The van der Waals surface area contributed by atoms with E-state index in [0.717, 1.165) is 45.1 Å². The van der Waals surface area contributed by atoms with Crippen LogP contribution in [0.4, 0.5) is 10.5 Å². The minimum atomic E-state index is -0.183. The molecule has 1 saturated heterocycles. The number of hydrogen-bond donors (Lipinski definition) is 2. The van der Waals surface area contributed by atoms with Crippen molar-refractivity contribution in [1.82, 2.24) is 14.8 Å². The largest absolute Gasteiger partial charge is 0.379 e. The van der Waals surface area contributed by atoms with Gasteiger partial charge in [-0.2, -0.15) is 0 Å². The summed E-state index contributed by atoms with van der Waals surface area (Å²) in [7, 11) is 0. The molecular formula is C22H26N4O2. The summed E-state index contributed by atoms with van der Waals surface area (Å²) in [4.78, 5) is 14.5. The third kappa shape index (κ3) is 4.71. The molecule has 2 heterocycles. The highest BCUT2D eigenvalue weighted by atomic mass is 16.5. The van der Waals surface area contributed by atoms with Crippen molar-refractivity contribution in [3.05, 3.63) is 66.4 Å². The second-order valence-electron chi connectivity index (χ2n) is 7.03. The Balaban J connectivity index is 1.23. The number of rotatable bonds is 6. The van der Waals surface area contributed by atoms with Gasteiger partial charge in [0.05, 0.1) is 13.2 Å². The maximum atomic E-state index is 12.2. The maximum absolute atomic E-state index is 12.2. The van der Waals surface area contributed by atoms with Crippen LogP contribution in [0.25, 0.3) is 10.9 Å². The van der Waals surface area contributed by atoms with Crippen LogP contribution in [-0.2, 0) is 17.8 Å². The van der Waals surface area contributed by atoms with Crippen LogP contribution >= 0.6 is 0 Å². The Labute approximate surface area is 165 Å². The monoisotopic (exact) mass is 378 g/mol. The van der Waals surface area contributed by atoms with Crippen molar-refractivity contribution >= 4 is 22.6 Å². The van der Waals surface area contributed by atoms with Gasteiger partial charge in [0.1, 0.15) is 0 Å². The molecule has 3 aromatic rings. The Kier molecular flexibility index (Phi) is 5.89. The van der Waals surface area contributed by atoms with E-state index in [9.17, 15) is 4.79 Å². The van der Waals surface area contributed by atoms with Gasteiger partial charge in [-0.05, 0) is 35.2 Å². The lowest BCUT2D eigenvalue weighted by atomic mass is 10.2. The number of ether oxygens (including phenoxy) is 1. The molecule has 0 aliphatic carbocycles. The van der Waals surface area contributed by atoms with E-state index in [1.807, 2.05) is 24.3 Å². The van der Waals surface area contributed by atoms with Crippen LogP contribution in [0.5, 0.6) is 0 Å². The first-order chi connectivity index (χ1) is 13.8. The standard InChI is InChI=1S/C22H26N4O2/c27-22(23-10-12-26-11-9-19-3-1-2-4-21(19)26)24-20-7-5-18(6-8-20)17-25-13-15-28-16-14-25/h1-9,11H,10,12-17H2,(H2,23,24,27). The van der Waals surface area contributed by atoms with E-state index in [2.05, 4.69) is 56.6 Å².